The highest BCUT2D eigenvalue weighted by molar-refractivity contribution is 5.75. The van der Waals surface area contributed by atoms with Gasteiger partial charge < -0.3 is 14.9 Å². The van der Waals surface area contributed by atoms with E-state index >= 15 is 0 Å². The Kier molecular flexibility index (Phi) is 5.62. The summed E-state index contributed by atoms with van der Waals surface area (Å²) in [5, 5.41) is 15.1. The highest BCUT2D eigenvalue weighted by Gasteiger charge is 2.10. The molecule has 0 aromatic carbocycles. The number of hydrogen-bond donors (Lipinski definition) is 2. The van der Waals surface area contributed by atoms with Gasteiger partial charge >= 0.3 is 0 Å². The molecule has 17 heavy (non-hydrogen) atoms. The molecule has 1 aromatic heterocycles. The molecule has 1 aromatic rings. The van der Waals surface area contributed by atoms with E-state index < -0.39 is 0 Å². The Morgan fingerprint density at radius 3 is 2.88 bits per heavy atom. The lowest BCUT2D eigenvalue weighted by atomic mass is 10.2. The highest BCUT2D eigenvalue weighted by atomic mass is 16.5. The van der Waals surface area contributed by atoms with Crippen molar-refractivity contribution in [1.29, 1.82) is 0 Å². The maximum Gasteiger partial charge on any atom is 0.227 e. The van der Waals surface area contributed by atoms with E-state index in [1.54, 1.807) is 0 Å². The number of carbonyl (C=O) groups excluding carboxylic acids is 1. The minimum Gasteiger partial charge on any atom is -0.396 e. The average molecular weight is 241 g/mol. The lowest BCUT2D eigenvalue weighted by Crippen LogP contribution is -2.25. The normalized spacial score (nSPS) is 10.8. The number of nitrogens with one attached hydrogen (secondary N) is 1. The first-order chi connectivity index (χ1) is 8.13. The van der Waals surface area contributed by atoms with Crippen molar-refractivity contribution < 1.29 is 14.4 Å². The summed E-state index contributed by atoms with van der Waals surface area (Å²) in [6.45, 7) is 4.55. The van der Waals surface area contributed by atoms with Crippen molar-refractivity contribution in [3.8, 4) is 0 Å². The maximum absolute atomic E-state index is 11.3. The SMILES string of the molecule is CC(C)c1noc(CCC(=O)NCCCO)n1. The van der Waals surface area contributed by atoms with E-state index in [2.05, 4.69) is 15.5 Å². The molecular formula is C11H19N3O3. The smallest absolute Gasteiger partial charge is 0.227 e. The fraction of sp³-hybridized carbons (Fsp3) is 0.727. The first-order valence-electron chi connectivity index (χ1n) is 5.83. The van der Waals surface area contributed by atoms with Crippen LogP contribution in [0.4, 0.5) is 0 Å². The Balaban J connectivity index is 2.27. The maximum atomic E-state index is 11.3. The van der Waals surface area contributed by atoms with Gasteiger partial charge in [-0.1, -0.05) is 19.0 Å². The van der Waals surface area contributed by atoms with Crippen LogP contribution in [0.25, 0.3) is 0 Å². The molecular weight excluding hydrogens is 222 g/mol. The van der Waals surface area contributed by atoms with Crippen LogP contribution in [0.5, 0.6) is 0 Å². The van der Waals surface area contributed by atoms with Gasteiger partial charge in [-0.05, 0) is 6.42 Å². The minimum atomic E-state index is -0.0669. The quantitative estimate of drug-likeness (QED) is 0.683. The Labute approximate surface area is 100 Å². The van der Waals surface area contributed by atoms with E-state index in [0.29, 0.717) is 37.5 Å². The second-order valence-electron chi connectivity index (χ2n) is 4.13. The standard InChI is InChI=1S/C11H19N3O3/c1-8(2)11-13-10(17-14-11)5-4-9(16)12-6-3-7-15/h8,15H,3-7H2,1-2H3,(H,12,16). The van der Waals surface area contributed by atoms with E-state index in [0.717, 1.165) is 0 Å². The van der Waals surface area contributed by atoms with Crippen molar-refractivity contribution in [3.63, 3.8) is 0 Å². The van der Waals surface area contributed by atoms with E-state index in [1.807, 2.05) is 13.8 Å². The van der Waals surface area contributed by atoms with E-state index in [-0.39, 0.29) is 18.4 Å². The summed E-state index contributed by atoms with van der Waals surface area (Å²) < 4.78 is 5.02. The van der Waals surface area contributed by atoms with Crippen LogP contribution in [0.15, 0.2) is 4.52 Å². The summed E-state index contributed by atoms with van der Waals surface area (Å²) in [5.41, 5.74) is 0. The van der Waals surface area contributed by atoms with Crippen LogP contribution in [-0.4, -0.2) is 34.3 Å². The number of hydrogen-bond acceptors (Lipinski definition) is 5. The molecule has 0 aliphatic rings. The molecule has 0 saturated heterocycles. The molecule has 1 heterocycles. The minimum absolute atomic E-state index is 0.0669. The van der Waals surface area contributed by atoms with Gasteiger partial charge in [-0.2, -0.15) is 4.98 Å². The fourth-order valence-corrected chi connectivity index (χ4v) is 1.22. The second-order valence-corrected chi connectivity index (χ2v) is 4.13. The van der Waals surface area contributed by atoms with Crippen molar-refractivity contribution in [3.05, 3.63) is 11.7 Å². The van der Waals surface area contributed by atoms with Gasteiger partial charge in [0.2, 0.25) is 11.8 Å². The summed E-state index contributed by atoms with van der Waals surface area (Å²) >= 11 is 0. The number of nitrogens with zero attached hydrogens (tertiary/aromatic N) is 2. The fourth-order valence-electron chi connectivity index (χ4n) is 1.22. The molecule has 6 heteroatoms. The molecule has 0 fully saturated rings. The van der Waals surface area contributed by atoms with Gasteiger partial charge in [0, 0.05) is 31.9 Å². The summed E-state index contributed by atoms with van der Waals surface area (Å²) in [6.07, 6.45) is 1.35. The first kappa shape index (κ1) is 13.6. The zero-order valence-corrected chi connectivity index (χ0v) is 10.3. The third kappa shape index (κ3) is 4.95. The Hall–Kier alpha value is -1.43. The molecule has 0 radical (unpaired) electrons. The molecule has 2 N–H and O–H groups in total. The zero-order chi connectivity index (χ0) is 12.7. The summed E-state index contributed by atoms with van der Waals surface area (Å²) in [6, 6.07) is 0. The number of aliphatic hydroxyl groups excluding tert-OH is 1. The predicted molar refractivity (Wildman–Crippen MR) is 61.4 cm³/mol. The molecule has 1 rings (SSSR count). The topological polar surface area (TPSA) is 88.2 Å². The monoisotopic (exact) mass is 241 g/mol. The third-order valence-electron chi connectivity index (χ3n) is 2.22. The van der Waals surface area contributed by atoms with E-state index in [4.69, 9.17) is 9.63 Å². The largest absolute Gasteiger partial charge is 0.396 e. The second kappa shape index (κ2) is 7.01. The van der Waals surface area contributed by atoms with Crippen molar-refractivity contribution in [2.75, 3.05) is 13.2 Å². The van der Waals surface area contributed by atoms with Gasteiger partial charge in [-0.25, -0.2) is 0 Å². The van der Waals surface area contributed by atoms with Gasteiger partial charge in [-0.15, -0.1) is 0 Å². The van der Waals surface area contributed by atoms with Crippen LogP contribution in [0.1, 0.15) is 44.3 Å². The van der Waals surface area contributed by atoms with Crippen LogP contribution >= 0.6 is 0 Å². The van der Waals surface area contributed by atoms with Crippen LogP contribution in [0.3, 0.4) is 0 Å². The number of aliphatic hydroxyl groups is 1. The highest BCUT2D eigenvalue weighted by Crippen LogP contribution is 2.10. The van der Waals surface area contributed by atoms with Crippen molar-refractivity contribution in [2.45, 2.75) is 39.0 Å². The number of amides is 1. The number of rotatable bonds is 7. The number of carbonyl (C=O) groups is 1. The Morgan fingerprint density at radius 1 is 1.53 bits per heavy atom. The first-order valence-corrected chi connectivity index (χ1v) is 5.83. The van der Waals surface area contributed by atoms with E-state index in [9.17, 15) is 4.79 Å². The van der Waals surface area contributed by atoms with Gasteiger partial charge in [0.1, 0.15) is 0 Å². The van der Waals surface area contributed by atoms with Crippen LogP contribution in [-0.2, 0) is 11.2 Å². The predicted octanol–water partition coefficient (Wildman–Crippen LogP) is 0.624. The average Bonchev–Trinajstić information content (AvgIpc) is 2.75. The van der Waals surface area contributed by atoms with Gasteiger partial charge in [-0.3, -0.25) is 4.79 Å². The molecule has 0 aliphatic heterocycles. The molecule has 0 unspecified atom stereocenters. The van der Waals surface area contributed by atoms with Crippen LogP contribution < -0.4 is 5.32 Å². The zero-order valence-electron chi connectivity index (χ0n) is 10.3. The lowest BCUT2D eigenvalue weighted by molar-refractivity contribution is -0.121. The Bertz CT molecular complexity index is 349. The molecule has 0 spiro atoms. The molecule has 0 aliphatic carbocycles. The van der Waals surface area contributed by atoms with E-state index in [1.165, 1.54) is 0 Å². The van der Waals surface area contributed by atoms with Crippen molar-refractivity contribution in [1.82, 2.24) is 15.5 Å². The molecule has 0 saturated carbocycles. The summed E-state index contributed by atoms with van der Waals surface area (Å²) in [4.78, 5) is 15.5. The van der Waals surface area contributed by atoms with Crippen molar-refractivity contribution in [2.24, 2.45) is 0 Å². The lowest BCUT2D eigenvalue weighted by Gasteiger charge is -2.01. The van der Waals surface area contributed by atoms with Gasteiger partial charge in [0.15, 0.2) is 5.82 Å². The third-order valence-corrected chi connectivity index (χ3v) is 2.22. The molecule has 0 bridgehead atoms. The van der Waals surface area contributed by atoms with Gasteiger partial charge in [0.05, 0.1) is 0 Å². The van der Waals surface area contributed by atoms with Crippen LogP contribution in [0.2, 0.25) is 0 Å². The van der Waals surface area contributed by atoms with Crippen molar-refractivity contribution >= 4 is 5.91 Å². The Morgan fingerprint density at radius 2 is 2.29 bits per heavy atom. The molecule has 1 amide bonds. The van der Waals surface area contributed by atoms with Gasteiger partial charge in [0.25, 0.3) is 0 Å². The summed E-state index contributed by atoms with van der Waals surface area (Å²) in [7, 11) is 0. The number of aromatic nitrogens is 2. The molecule has 6 nitrogen and oxygen atoms in total. The summed E-state index contributed by atoms with van der Waals surface area (Å²) in [5.74, 6) is 1.32. The molecule has 0 atom stereocenters. The number of aryl methyl sites for hydroxylation is 1. The van der Waals surface area contributed by atoms with Crippen LogP contribution in [0, 0.1) is 0 Å². The molecule has 96 valence electrons.